The number of hydrogen-bond donors (Lipinski definition) is 0. The third kappa shape index (κ3) is 16.4. The minimum atomic E-state index is 0. The van der Waals surface area contributed by atoms with E-state index in [9.17, 15) is 9.59 Å². The van der Waals surface area contributed by atoms with Gasteiger partial charge in [-0.1, -0.05) is 59.3 Å². The van der Waals surface area contributed by atoms with Gasteiger partial charge in [-0.2, -0.15) is 0 Å². The van der Waals surface area contributed by atoms with E-state index in [1.807, 2.05) is 6.29 Å². The molecule has 0 atom stereocenters. The maximum absolute atomic E-state index is 10.6. The van der Waals surface area contributed by atoms with Gasteiger partial charge in [-0.15, -0.1) is 6.42 Å². The Bertz CT molecular complexity index is 185. The van der Waals surface area contributed by atoms with E-state index in [1.165, 1.54) is 0 Å². The summed E-state index contributed by atoms with van der Waals surface area (Å²) in [6, 6.07) is 0. The van der Waals surface area contributed by atoms with E-state index in [-0.39, 0.29) is 32.7 Å². The fraction of sp³-hybridized carbons (Fsp3) is 0.867. The summed E-state index contributed by atoms with van der Waals surface area (Å²) in [6.45, 7) is 10.1. The zero-order valence-electron chi connectivity index (χ0n) is 12.8. The van der Waals surface area contributed by atoms with Crippen LogP contribution in [0.4, 0.5) is 0 Å². The van der Waals surface area contributed by atoms with Gasteiger partial charge < -0.3 is 9.59 Å². The van der Waals surface area contributed by atoms with Crippen LogP contribution in [0.3, 0.4) is 0 Å². The van der Waals surface area contributed by atoms with Crippen LogP contribution in [-0.4, -0.2) is 12.1 Å². The fourth-order valence-electron chi connectivity index (χ4n) is 1.68. The fourth-order valence-corrected chi connectivity index (χ4v) is 1.68. The van der Waals surface area contributed by atoms with E-state index >= 15 is 0 Å². The molecule has 0 aromatic rings. The summed E-state index contributed by atoms with van der Waals surface area (Å²) in [5.74, 6) is 1.53. The van der Waals surface area contributed by atoms with Gasteiger partial charge in [-0.3, -0.25) is 6.29 Å². The predicted octanol–water partition coefficient (Wildman–Crippen LogP) is 4.32. The van der Waals surface area contributed by atoms with Crippen molar-refractivity contribution in [2.75, 3.05) is 0 Å². The summed E-state index contributed by atoms with van der Waals surface area (Å²) in [4.78, 5) is 20.4. The second-order valence-corrected chi connectivity index (χ2v) is 4.62. The minimum absolute atomic E-state index is 0. The third-order valence-corrected chi connectivity index (χ3v) is 3.26. The molecular weight excluding hydrogens is 301 g/mol. The van der Waals surface area contributed by atoms with Crippen molar-refractivity contribution in [2.45, 2.75) is 73.1 Å². The zero-order chi connectivity index (χ0) is 13.7. The monoisotopic (exact) mass is 330 g/mol. The van der Waals surface area contributed by atoms with Gasteiger partial charge in [0.05, 0.1) is 0 Å². The molecule has 0 aliphatic heterocycles. The molecule has 0 aliphatic carbocycles. The molecule has 3 heteroatoms. The molecule has 0 fully saturated rings. The molecule has 2 nitrogen and oxygen atoms in total. The quantitative estimate of drug-likeness (QED) is 0.621. The van der Waals surface area contributed by atoms with Gasteiger partial charge in [0.25, 0.3) is 0 Å². The van der Waals surface area contributed by atoms with Gasteiger partial charge in [-0.25, -0.2) is 0 Å². The summed E-state index contributed by atoms with van der Waals surface area (Å²) >= 11 is 0. The largest absolute Gasteiger partial charge is 0.542 e. The van der Waals surface area contributed by atoms with Crippen LogP contribution >= 0.6 is 0 Å². The predicted molar refractivity (Wildman–Crippen MR) is 73.8 cm³/mol. The molecule has 0 aliphatic rings. The Labute approximate surface area is 139 Å². The van der Waals surface area contributed by atoms with Gasteiger partial charge in [0.1, 0.15) is 5.78 Å². The second kappa shape index (κ2) is 17.4. The zero-order valence-corrected chi connectivity index (χ0v) is 15.6. The summed E-state index contributed by atoms with van der Waals surface area (Å²) < 4.78 is 0. The van der Waals surface area contributed by atoms with Crippen LogP contribution in [0.25, 0.3) is 0 Å². The van der Waals surface area contributed by atoms with Crippen molar-refractivity contribution in [1.29, 1.82) is 0 Å². The van der Waals surface area contributed by atoms with E-state index in [1.54, 1.807) is 6.92 Å². The van der Waals surface area contributed by atoms with Crippen LogP contribution < -0.4 is 0 Å². The molecular formula is C15H29O2Y-. The Morgan fingerprint density at radius 1 is 0.944 bits per heavy atom. The Kier molecular flexibility index (Phi) is 22.8. The molecule has 0 saturated carbocycles. The standard InChI is InChI=1S/C8H16O.C7H13O.Y/c1-4-8(5-2)6-7(3)9;1-3-7(4-2)5-6-8;/h8H,4-6H2,1-3H3;7H,3-5H2,1-2H3;/q;-1;. The second-order valence-electron chi connectivity index (χ2n) is 4.62. The maximum Gasteiger partial charge on any atom is 0.130 e. The molecule has 0 amide bonds. The van der Waals surface area contributed by atoms with Crippen LogP contribution in [0, 0.1) is 11.8 Å². The van der Waals surface area contributed by atoms with Gasteiger partial charge in [0, 0.05) is 39.1 Å². The van der Waals surface area contributed by atoms with Gasteiger partial charge in [-0.05, 0) is 12.8 Å². The SMILES string of the molecule is CCC(CC)CC(C)=O.CCC(CC)C[C-]=O.[Y]. The normalized spacial score (nSPS) is 9.50. The van der Waals surface area contributed by atoms with Crippen molar-refractivity contribution in [1.82, 2.24) is 0 Å². The Morgan fingerprint density at radius 3 is 1.44 bits per heavy atom. The molecule has 1 radical (unpaired) electrons. The third-order valence-electron chi connectivity index (χ3n) is 3.26. The van der Waals surface area contributed by atoms with Gasteiger partial charge in [0.15, 0.2) is 0 Å². The van der Waals surface area contributed by atoms with Crippen molar-refractivity contribution in [3.63, 3.8) is 0 Å². The number of ketones is 1. The average molecular weight is 330 g/mol. The van der Waals surface area contributed by atoms with Crippen molar-refractivity contribution >= 4 is 12.1 Å². The number of carbonyl (C=O) groups excluding carboxylic acids is 2. The molecule has 0 saturated heterocycles. The summed E-state index contributed by atoms with van der Waals surface area (Å²) in [7, 11) is 0. The molecule has 0 aromatic heterocycles. The number of hydrogen-bond acceptors (Lipinski definition) is 2. The molecule has 18 heavy (non-hydrogen) atoms. The summed E-state index contributed by atoms with van der Waals surface area (Å²) in [6.07, 6.45) is 7.78. The molecule has 0 spiro atoms. The Balaban J connectivity index is -0.000000238. The smallest absolute Gasteiger partial charge is 0.130 e. The number of Topliss-reactive ketones (excluding diaryl/α,β-unsaturated/α-hetero) is 1. The van der Waals surface area contributed by atoms with Crippen molar-refractivity contribution in [3.05, 3.63) is 0 Å². The Hall–Kier alpha value is 0.444. The van der Waals surface area contributed by atoms with E-state index in [2.05, 4.69) is 27.7 Å². The topological polar surface area (TPSA) is 34.1 Å². The van der Waals surface area contributed by atoms with E-state index in [0.717, 1.165) is 32.1 Å². The van der Waals surface area contributed by atoms with Crippen molar-refractivity contribution in [2.24, 2.45) is 11.8 Å². The van der Waals surface area contributed by atoms with Gasteiger partial charge in [0.2, 0.25) is 0 Å². The van der Waals surface area contributed by atoms with Crippen LogP contribution in [-0.2, 0) is 42.3 Å². The molecule has 0 bridgehead atoms. The maximum atomic E-state index is 10.6. The Morgan fingerprint density at radius 2 is 1.33 bits per heavy atom. The summed E-state index contributed by atoms with van der Waals surface area (Å²) in [5, 5.41) is 0. The first-order chi connectivity index (χ1) is 8.05. The number of rotatable bonds is 8. The molecule has 0 heterocycles. The first kappa shape index (κ1) is 23.5. The van der Waals surface area contributed by atoms with Crippen LogP contribution in [0.2, 0.25) is 0 Å². The molecule has 105 valence electrons. The summed E-state index contributed by atoms with van der Waals surface area (Å²) in [5.41, 5.74) is 0. The first-order valence-electron chi connectivity index (χ1n) is 6.89. The van der Waals surface area contributed by atoms with Crippen molar-refractivity contribution in [3.8, 4) is 0 Å². The van der Waals surface area contributed by atoms with E-state index in [4.69, 9.17) is 0 Å². The number of carbonyl (C=O) groups is 1. The van der Waals surface area contributed by atoms with Crippen LogP contribution in [0.5, 0.6) is 0 Å². The molecule has 0 N–H and O–H groups in total. The van der Waals surface area contributed by atoms with Crippen molar-refractivity contribution < 1.29 is 42.3 Å². The average Bonchev–Trinajstić information content (AvgIpc) is 2.33. The first-order valence-corrected chi connectivity index (χ1v) is 6.89. The minimum Gasteiger partial charge on any atom is -0.542 e. The van der Waals surface area contributed by atoms with Gasteiger partial charge >= 0.3 is 0 Å². The molecule has 0 unspecified atom stereocenters. The van der Waals surface area contributed by atoms with E-state index in [0.29, 0.717) is 24.0 Å². The molecule has 0 aromatic carbocycles. The van der Waals surface area contributed by atoms with Crippen LogP contribution in [0.1, 0.15) is 73.1 Å². The van der Waals surface area contributed by atoms with Crippen LogP contribution in [0.15, 0.2) is 0 Å². The van der Waals surface area contributed by atoms with E-state index < -0.39 is 0 Å². The molecule has 0 rings (SSSR count).